The molecular weight excluding hydrogens is 481 g/mol. The van der Waals surface area contributed by atoms with Crippen LogP contribution in [0.4, 0.5) is 0 Å². The lowest BCUT2D eigenvalue weighted by Crippen LogP contribution is -2.47. The molecule has 0 spiro atoms. The van der Waals surface area contributed by atoms with Crippen LogP contribution < -0.4 is 5.32 Å². The Balaban J connectivity index is 0.00000364. The summed E-state index contributed by atoms with van der Waals surface area (Å²) in [6.07, 6.45) is 9.08. The Labute approximate surface area is 181 Å². The summed E-state index contributed by atoms with van der Waals surface area (Å²) >= 11 is 0. The SMILES string of the molecule is CN=C(NCCOCCS(C)(=O)=O)N1CCC(OCC2CCCC2)CC1.I. The molecule has 2 rings (SSSR count). The fourth-order valence-electron chi connectivity index (χ4n) is 3.56. The average Bonchev–Trinajstić information content (AvgIpc) is 3.13. The van der Waals surface area contributed by atoms with Crippen LogP contribution in [0.5, 0.6) is 0 Å². The fraction of sp³-hybridized carbons (Fsp3) is 0.944. The van der Waals surface area contributed by atoms with Crippen LogP contribution in [-0.4, -0.2) is 83.9 Å². The molecule has 0 amide bonds. The lowest BCUT2D eigenvalue weighted by molar-refractivity contribution is 0.000967. The molecule has 2 aliphatic rings. The van der Waals surface area contributed by atoms with Crippen molar-refractivity contribution in [2.24, 2.45) is 10.9 Å². The van der Waals surface area contributed by atoms with E-state index in [0.717, 1.165) is 44.4 Å². The van der Waals surface area contributed by atoms with Crippen LogP contribution >= 0.6 is 24.0 Å². The molecule has 1 aliphatic heterocycles. The summed E-state index contributed by atoms with van der Waals surface area (Å²) < 4.78 is 33.6. The van der Waals surface area contributed by atoms with Gasteiger partial charge < -0.3 is 19.7 Å². The Morgan fingerprint density at radius 2 is 1.81 bits per heavy atom. The van der Waals surface area contributed by atoms with E-state index in [1.807, 2.05) is 0 Å². The van der Waals surface area contributed by atoms with Gasteiger partial charge in [-0.1, -0.05) is 12.8 Å². The summed E-state index contributed by atoms with van der Waals surface area (Å²) in [6.45, 7) is 4.16. The monoisotopic (exact) mass is 517 g/mol. The molecule has 0 aromatic rings. The molecule has 2 fully saturated rings. The normalized spacial score (nSPS) is 19.9. The van der Waals surface area contributed by atoms with Crippen molar-refractivity contribution in [1.29, 1.82) is 0 Å². The molecule has 1 N–H and O–H groups in total. The Bertz CT molecular complexity index is 531. The summed E-state index contributed by atoms with van der Waals surface area (Å²) in [7, 11) is -1.17. The first-order valence-electron chi connectivity index (χ1n) is 9.80. The lowest BCUT2D eigenvalue weighted by atomic mass is 10.1. The van der Waals surface area contributed by atoms with Crippen LogP contribution in [0.1, 0.15) is 38.5 Å². The van der Waals surface area contributed by atoms with Gasteiger partial charge in [-0.3, -0.25) is 4.99 Å². The Kier molecular flexibility index (Phi) is 12.1. The molecular formula is C18H36IN3O4S. The molecule has 9 heteroatoms. The van der Waals surface area contributed by atoms with E-state index in [1.54, 1.807) is 7.05 Å². The Hall–Kier alpha value is -0.130. The summed E-state index contributed by atoms with van der Waals surface area (Å²) in [4.78, 5) is 6.60. The van der Waals surface area contributed by atoms with Gasteiger partial charge in [0.1, 0.15) is 9.84 Å². The smallest absolute Gasteiger partial charge is 0.193 e. The van der Waals surface area contributed by atoms with E-state index in [9.17, 15) is 8.42 Å². The van der Waals surface area contributed by atoms with Gasteiger partial charge in [0.05, 0.1) is 25.1 Å². The number of aliphatic imine (C=N–C) groups is 1. The molecule has 0 bridgehead atoms. The van der Waals surface area contributed by atoms with Gasteiger partial charge in [0.2, 0.25) is 0 Å². The van der Waals surface area contributed by atoms with Crippen molar-refractivity contribution in [3.05, 3.63) is 0 Å². The van der Waals surface area contributed by atoms with Crippen molar-refractivity contribution in [3.8, 4) is 0 Å². The third-order valence-corrected chi connectivity index (χ3v) is 6.03. The molecule has 1 saturated carbocycles. The molecule has 0 atom stereocenters. The first kappa shape index (κ1) is 24.9. The highest BCUT2D eigenvalue weighted by molar-refractivity contribution is 14.0. The minimum atomic E-state index is -2.95. The second-order valence-corrected chi connectivity index (χ2v) is 9.65. The van der Waals surface area contributed by atoms with Crippen LogP contribution in [0, 0.1) is 5.92 Å². The van der Waals surface area contributed by atoms with Crippen LogP contribution in [0.3, 0.4) is 0 Å². The third-order valence-electron chi connectivity index (χ3n) is 5.12. The largest absolute Gasteiger partial charge is 0.379 e. The number of hydrogen-bond acceptors (Lipinski definition) is 5. The number of halogens is 1. The van der Waals surface area contributed by atoms with E-state index in [4.69, 9.17) is 9.47 Å². The topological polar surface area (TPSA) is 80.2 Å². The standard InChI is InChI=1S/C18H35N3O4S.HI/c1-19-18(20-9-12-24-13-14-26(2,22)23)21-10-7-17(8-11-21)25-15-16-5-3-4-6-16;/h16-17H,3-15H2,1-2H3,(H,19,20);1H. The summed E-state index contributed by atoms with van der Waals surface area (Å²) in [5.74, 6) is 1.73. The zero-order valence-corrected chi connectivity index (χ0v) is 19.8. The van der Waals surface area contributed by atoms with Crippen LogP contribution in [0.25, 0.3) is 0 Å². The molecule has 0 radical (unpaired) electrons. The number of rotatable bonds is 9. The number of guanidine groups is 1. The van der Waals surface area contributed by atoms with Gasteiger partial charge in [0.25, 0.3) is 0 Å². The first-order chi connectivity index (χ1) is 12.5. The van der Waals surface area contributed by atoms with Gasteiger partial charge in [0, 0.05) is 39.5 Å². The van der Waals surface area contributed by atoms with Crippen LogP contribution in [-0.2, 0) is 19.3 Å². The van der Waals surface area contributed by atoms with Gasteiger partial charge in [-0.2, -0.15) is 0 Å². The fourth-order valence-corrected chi connectivity index (χ4v) is 3.98. The van der Waals surface area contributed by atoms with Crippen molar-refractivity contribution in [3.63, 3.8) is 0 Å². The molecule has 1 saturated heterocycles. The van der Waals surface area contributed by atoms with E-state index in [2.05, 4.69) is 15.2 Å². The van der Waals surface area contributed by atoms with Gasteiger partial charge >= 0.3 is 0 Å². The van der Waals surface area contributed by atoms with E-state index in [1.165, 1.54) is 31.9 Å². The number of piperidine rings is 1. The second kappa shape index (κ2) is 13.2. The number of hydrogen-bond donors (Lipinski definition) is 1. The van der Waals surface area contributed by atoms with E-state index in [-0.39, 0.29) is 36.3 Å². The highest BCUT2D eigenvalue weighted by atomic mass is 127. The predicted octanol–water partition coefficient (Wildman–Crippen LogP) is 1.91. The number of ether oxygens (including phenoxy) is 2. The van der Waals surface area contributed by atoms with Crippen molar-refractivity contribution >= 4 is 39.8 Å². The zero-order valence-electron chi connectivity index (χ0n) is 16.7. The summed E-state index contributed by atoms with van der Waals surface area (Å²) in [5, 5.41) is 3.29. The lowest BCUT2D eigenvalue weighted by Gasteiger charge is -2.34. The highest BCUT2D eigenvalue weighted by Gasteiger charge is 2.23. The Morgan fingerprint density at radius 1 is 1.15 bits per heavy atom. The molecule has 0 aromatic heterocycles. The molecule has 27 heavy (non-hydrogen) atoms. The van der Waals surface area contributed by atoms with E-state index < -0.39 is 9.84 Å². The van der Waals surface area contributed by atoms with Crippen LogP contribution in [0.15, 0.2) is 4.99 Å². The Morgan fingerprint density at radius 3 is 2.41 bits per heavy atom. The summed E-state index contributed by atoms with van der Waals surface area (Å²) in [6, 6.07) is 0. The maximum Gasteiger partial charge on any atom is 0.193 e. The number of nitrogens with one attached hydrogen (secondary N) is 1. The molecule has 1 heterocycles. The first-order valence-corrected chi connectivity index (χ1v) is 11.9. The van der Waals surface area contributed by atoms with Gasteiger partial charge in [-0.25, -0.2) is 8.42 Å². The molecule has 160 valence electrons. The van der Waals surface area contributed by atoms with Crippen molar-refractivity contribution in [2.75, 3.05) is 58.5 Å². The van der Waals surface area contributed by atoms with Gasteiger partial charge in [-0.05, 0) is 31.6 Å². The molecule has 1 aliphatic carbocycles. The average molecular weight is 517 g/mol. The van der Waals surface area contributed by atoms with Gasteiger partial charge in [0.15, 0.2) is 5.96 Å². The zero-order chi connectivity index (χ0) is 18.8. The third kappa shape index (κ3) is 10.3. The number of likely N-dealkylation sites (tertiary alicyclic amines) is 1. The number of sulfone groups is 1. The number of nitrogens with zero attached hydrogens (tertiary/aromatic N) is 2. The minimum absolute atomic E-state index is 0. The highest BCUT2D eigenvalue weighted by Crippen LogP contribution is 2.26. The molecule has 0 unspecified atom stereocenters. The second-order valence-electron chi connectivity index (χ2n) is 7.39. The summed E-state index contributed by atoms with van der Waals surface area (Å²) in [5.41, 5.74) is 0. The van der Waals surface area contributed by atoms with E-state index >= 15 is 0 Å². The van der Waals surface area contributed by atoms with Crippen molar-refractivity contribution in [2.45, 2.75) is 44.6 Å². The van der Waals surface area contributed by atoms with Crippen molar-refractivity contribution < 1.29 is 17.9 Å². The maximum atomic E-state index is 11.0. The van der Waals surface area contributed by atoms with E-state index in [0.29, 0.717) is 19.3 Å². The van der Waals surface area contributed by atoms with Crippen LogP contribution in [0.2, 0.25) is 0 Å². The minimum Gasteiger partial charge on any atom is -0.379 e. The molecule has 7 nitrogen and oxygen atoms in total. The van der Waals surface area contributed by atoms with Gasteiger partial charge in [-0.15, -0.1) is 24.0 Å². The predicted molar refractivity (Wildman–Crippen MR) is 120 cm³/mol. The van der Waals surface area contributed by atoms with Crippen molar-refractivity contribution in [1.82, 2.24) is 10.2 Å². The quantitative estimate of drug-likeness (QED) is 0.218. The molecule has 0 aromatic carbocycles. The maximum absolute atomic E-state index is 11.0.